The molecule has 1 nitrogen and oxygen atoms in total. The fraction of sp³-hybridized carbons (Fsp3) is 0.0164. The van der Waals surface area contributed by atoms with Crippen LogP contribution >= 0.6 is 0 Å². The lowest BCUT2D eigenvalue weighted by atomic mass is 9.70. The predicted octanol–water partition coefficient (Wildman–Crippen LogP) is 15.9. The monoisotopic (exact) mass is 783 g/mol. The summed E-state index contributed by atoms with van der Waals surface area (Å²) in [6, 6.07) is 84.1. The topological polar surface area (TPSA) is 4.93 Å². The number of nitrogens with zero attached hydrogens (tertiary/aromatic N) is 1. The average Bonchev–Trinajstić information content (AvgIpc) is 3.95. The molecule has 0 aliphatic heterocycles. The van der Waals surface area contributed by atoms with Crippen molar-refractivity contribution in [3.63, 3.8) is 0 Å². The lowest BCUT2D eigenvalue weighted by Gasteiger charge is -2.30. The van der Waals surface area contributed by atoms with Crippen LogP contribution in [0.4, 0.5) is 0 Å². The molecule has 0 atom stereocenters. The van der Waals surface area contributed by atoms with Crippen LogP contribution in [0.25, 0.3) is 104 Å². The van der Waals surface area contributed by atoms with Crippen LogP contribution in [0.1, 0.15) is 22.3 Å². The molecule has 11 aromatic carbocycles. The number of hydrogen-bond acceptors (Lipinski definition) is 0. The quantitative estimate of drug-likeness (QED) is 0.157. The first-order valence-electron chi connectivity index (χ1n) is 21.7. The highest BCUT2D eigenvalue weighted by Crippen LogP contribution is 2.63. The molecule has 62 heavy (non-hydrogen) atoms. The molecule has 12 aromatic rings. The van der Waals surface area contributed by atoms with Crippen molar-refractivity contribution in [1.29, 1.82) is 0 Å². The Kier molecular flexibility index (Phi) is 6.82. The molecule has 14 rings (SSSR count). The molecular formula is C61H37N. The molecule has 1 spiro atoms. The number of fused-ring (bicyclic) bond motifs is 19. The Bertz CT molecular complexity index is 3780. The van der Waals surface area contributed by atoms with Crippen molar-refractivity contribution in [1.82, 2.24) is 4.57 Å². The number of benzene rings is 11. The Balaban J connectivity index is 0.952. The molecule has 0 radical (unpaired) electrons. The molecule has 0 saturated carbocycles. The van der Waals surface area contributed by atoms with Crippen LogP contribution in [-0.4, -0.2) is 4.57 Å². The maximum Gasteiger partial charge on any atom is 0.0726 e. The number of hydrogen-bond donors (Lipinski definition) is 0. The molecule has 0 fully saturated rings. The predicted molar refractivity (Wildman–Crippen MR) is 260 cm³/mol. The second kappa shape index (κ2) is 12.5. The molecule has 0 saturated heterocycles. The fourth-order valence-corrected chi connectivity index (χ4v) is 11.6. The highest BCUT2D eigenvalue weighted by molar-refractivity contribution is 6.25. The van der Waals surface area contributed by atoms with Crippen molar-refractivity contribution in [2.24, 2.45) is 0 Å². The molecule has 0 bridgehead atoms. The van der Waals surface area contributed by atoms with Crippen LogP contribution in [-0.2, 0) is 5.41 Å². The van der Waals surface area contributed by atoms with E-state index >= 15 is 0 Å². The van der Waals surface area contributed by atoms with Gasteiger partial charge in [-0.25, -0.2) is 0 Å². The van der Waals surface area contributed by atoms with E-state index in [9.17, 15) is 0 Å². The summed E-state index contributed by atoms with van der Waals surface area (Å²) >= 11 is 0. The van der Waals surface area contributed by atoms with E-state index in [4.69, 9.17) is 0 Å². The van der Waals surface area contributed by atoms with Gasteiger partial charge in [-0.3, -0.25) is 0 Å². The Hall–Kier alpha value is -8.00. The van der Waals surface area contributed by atoms with Crippen LogP contribution < -0.4 is 0 Å². The molecule has 0 N–H and O–H groups in total. The Labute approximate surface area is 359 Å². The first kappa shape index (κ1) is 33.8. The molecule has 2 aliphatic carbocycles. The van der Waals surface area contributed by atoms with E-state index in [1.165, 1.54) is 127 Å². The van der Waals surface area contributed by atoms with E-state index in [-0.39, 0.29) is 0 Å². The van der Waals surface area contributed by atoms with Gasteiger partial charge in [0.25, 0.3) is 0 Å². The van der Waals surface area contributed by atoms with E-state index in [2.05, 4.69) is 229 Å². The van der Waals surface area contributed by atoms with Gasteiger partial charge in [-0.15, -0.1) is 0 Å². The third-order valence-electron chi connectivity index (χ3n) is 14.2. The normalized spacial score (nSPS) is 13.3. The fourth-order valence-electron chi connectivity index (χ4n) is 11.6. The SMILES string of the molecule is c1cc(-c2ccc3c4ccccc4c4ccccc4c3c2)cc(-c2ccc3c4ccccc4n(-c4ccc5c(c4)C4(c6ccccc6-c6ccccc64)c4ccccc4-5)c3c2)c1. The molecule has 1 heterocycles. The van der Waals surface area contributed by atoms with E-state index < -0.39 is 5.41 Å². The summed E-state index contributed by atoms with van der Waals surface area (Å²) < 4.78 is 2.50. The number of aromatic nitrogens is 1. The molecule has 0 amide bonds. The Morgan fingerprint density at radius 3 is 1.29 bits per heavy atom. The zero-order valence-electron chi connectivity index (χ0n) is 33.8. The highest BCUT2D eigenvalue weighted by atomic mass is 15.0. The van der Waals surface area contributed by atoms with Crippen molar-refractivity contribution >= 4 is 54.1 Å². The van der Waals surface area contributed by atoms with Crippen LogP contribution in [0.2, 0.25) is 0 Å². The van der Waals surface area contributed by atoms with Crippen LogP contribution in [0, 0.1) is 0 Å². The molecular weight excluding hydrogens is 747 g/mol. The average molecular weight is 784 g/mol. The number of para-hydroxylation sites is 1. The number of rotatable bonds is 3. The van der Waals surface area contributed by atoms with Crippen molar-refractivity contribution in [2.45, 2.75) is 5.41 Å². The molecule has 1 heteroatoms. The summed E-state index contributed by atoms with van der Waals surface area (Å²) in [5.74, 6) is 0. The maximum absolute atomic E-state index is 2.50. The zero-order chi connectivity index (χ0) is 40.5. The van der Waals surface area contributed by atoms with Crippen molar-refractivity contribution in [3.05, 3.63) is 247 Å². The zero-order valence-corrected chi connectivity index (χ0v) is 33.8. The minimum Gasteiger partial charge on any atom is -0.309 e. The highest BCUT2D eigenvalue weighted by Gasteiger charge is 2.51. The van der Waals surface area contributed by atoms with Crippen molar-refractivity contribution < 1.29 is 0 Å². The third kappa shape index (κ3) is 4.42. The molecule has 2 aliphatic rings. The van der Waals surface area contributed by atoms with Gasteiger partial charge in [-0.1, -0.05) is 188 Å². The minimum atomic E-state index is -0.401. The standard InChI is InChI=1S/C61H37N/c1-2-18-45-43(16-1)44-17-3-4-19-46(44)54-35-40(28-31-47(45)54)38-14-13-15-39(34-38)41-29-32-53-52-23-8-12-27-59(52)62(60(53)36-41)42-30-33-51-50-22-7-11-26-57(50)61(58(51)37-42)55-24-9-5-20-48(55)49-21-6-10-25-56(49)61/h1-37H. The van der Waals surface area contributed by atoms with Gasteiger partial charge in [0.2, 0.25) is 0 Å². The lowest BCUT2D eigenvalue weighted by molar-refractivity contribution is 0.792. The summed E-state index contributed by atoms with van der Waals surface area (Å²) in [6.45, 7) is 0. The van der Waals surface area contributed by atoms with Gasteiger partial charge in [0.05, 0.1) is 16.4 Å². The second-order valence-electron chi connectivity index (χ2n) is 17.1. The van der Waals surface area contributed by atoms with Gasteiger partial charge in [0, 0.05) is 16.5 Å². The summed E-state index contributed by atoms with van der Waals surface area (Å²) in [7, 11) is 0. The van der Waals surface area contributed by atoms with E-state index in [1.807, 2.05) is 0 Å². The van der Waals surface area contributed by atoms with Crippen LogP contribution in [0.3, 0.4) is 0 Å². The van der Waals surface area contributed by atoms with E-state index in [0.717, 1.165) is 0 Å². The van der Waals surface area contributed by atoms with E-state index in [1.54, 1.807) is 0 Å². The first-order valence-corrected chi connectivity index (χ1v) is 21.7. The summed E-state index contributed by atoms with van der Waals surface area (Å²) in [5, 5.41) is 10.3. The summed E-state index contributed by atoms with van der Waals surface area (Å²) in [6.07, 6.45) is 0. The minimum absolute atomic E-state index is 0.401. The lowest BCUT2D eigenvalue weighted by Crippen LogP contribution is -2.26. The van der Waals surface area contributed by atoms with Crippen molar-refractivity contribution in [3.8, 4) is 50.2 Å². The smallest absolute Gasteiger partial charge is 0.0726 e. The molecule has 0 unspecified atom stereocenters. The van der Waals surface area contributed by atoms with Gasteiger partial charge >= 0.3 is 0 Å². The maximum atomic E-state index is 2.50. The Morgan fingerprint density at radius 2 is 0.677 bits per heavy atom. The third-order valence-corrected chi connectivity index (χ3v) is 14.2. The summed E-state index contributed by atoms with van der Waals surface area (Å²) in [5.41, 5.74) is 18.7. The Morgan fingerprint density at radius 1 is 0.242 bits per heavy atom. The molecule has 286 valence electrons. The largest absolute Gasteiger partial charge is 0.309 e. The van der Waals surface area contributed by atoms with Gasteiger partial charge in [-0.05, 0) is 135 Å². The summed E-state index contributed by atoms with van der Waals surface area (Å²) in [4.78, 5) is 0. The van der Waals surface area contributed by atoms with Gasteiger partial charge in [0.15, 0.2) is 0 Å². The van der Waals surface area contributed by atoms with Gasteiger partial charge in [-0.2, -0.15) is 0 Å². The van der Waals surface area contributed by atoms with Crippen molar-refractivity contribution in [2.75, 3.05) is 0 Å². The second-order valence-corrected chi connectivity index (χ2v) is 17.1. The van der Waals surface area contributed by atoms with E-state index in [0.29, 0.717) is 0 Å². The van der Waals surface area contributed by atoms with Crippen LogP contribution in [0.5, 0.6) is 0 Å². The van der Waals surface area contributed by atoms with Crippen LogP contribution in [0.15, 0.2) is 224 Å². The first-order chi connectivity index (χ1) is 30.8. The molecule has 1 aromatic heterocycles. The van der Waals surface area contributed by atoms with Gasteiger partial charge in [0.1, 0.15) is 0 Å². The van der Waals surface area contributed by atoms with Gasteiger partial charge < -0.3 is 4.57 Å².